The Kier molecular flexibility index (Phi) is 4.15. The third-order valence-corrected chi connectivity index (χ3v) is 2.90. The summed E-state index contributed by atoms with van der Waals surface area (Å²) in [7, 11) is 0.347. The average molecular weight is 304 g/mol. The van der Waals surface area contributed by atoms with Crippen LogP contribution < -0.4 is 15.7 Å². The molecule has 0 radical (unpaired) electrons. The molecule has 0 saturated heterocycles. The largest absolute Gasteiger partial charge is 0.497 e. The van der Waals surface area contributed by atoms with E-state index in [9.17, 15) is 26.3 Å². The molecule has 0 aliphatic heterocycles. The van der Waals surface area contributed by atoms with Gasteiger partial charge in [0.1, 0.15) is 23.2 Å². The lowest BCUT2D eigenvalue weighted by atomic mass is 9.62. The smallest absolute Gasteiger partial charge is 0.208 e. The Hall–Kier alpha value is -2.12. The van der Waals surface area contributed by atoms with Crippen molar-refractivity contribution >= 4 is 18.2 Å². The number of methoxy groups -OCH3 is 1. The van der Waals surface area contributed by atoms with Crippen LogP contribution in [0.1, 0.15) is 0 Å². The minimum Gasteiger partial charge on any atom is -0.497 e. The maximum Gasteiger partial charge on any atom is 0.208 e. The zero-order valence-electron chi connectivity index (χ0n) is 10.6. The highest BCUT2D eigenvalue weighted by atomic mass is 19.2. The van der Waals surface area contributed by atoms with Crippen LogP contribution in [-0.2, 0) is 0 Å². The molecule has 0 aromatic heterocycles. The summed E-state index contributed by atoms with van der Waals surface area (Å²) < 4.78 is 84.5. The first-order chi connectivity index (χ1) is 9.85. The van der Waals surface area contributed by atoms with E-state index in [-0.39, 0.29) is 17.3 Å². The quantitative estimate of drug-likeness (QED) is 0.364. The standard InChI is InChI=1S/C13H7BF6O/c1-21-9-3-5(15)2-6(16)10(9)14-11-7(17)4-8(18)12(19)13(11)20/h2-4,14H,1H3. The number of halogens is 6. The van der Waals surface area contributed by atoms with Crippen LogP contribution in [0.2, 0.25) is 0 Å². The first kappa shape index (κ1) is 15.3. The molecule has 0 heterocycles. The first-order valence-electron chi connectivity index (χ1n) is 5.69. The molecular formula is C13H7BF6O. The zero-order valence-corrected chi connectivity index (χ0v) is 10.6. The van der Waals surface area contributed by atoms with Crippen LogP contribution in [0.15, 0.2) is 18.2 Å². The summed E-state index contributed by atoms with van der Waals surface area (Å²) in [6.07, 6.45) is 0. The van der Waals surface area contributed by atoms with Crippen LogP contribution in [0.3, 0.4) is 0 Å². The van der Waals surface area contributed by atoms with E-state index in [1.165, 1.54) is 0 Å². The van der Waals surface area contributed by atoms with Gasteiger partial charge in [-0.25, -0.2) is 26.3 Å². The maximum atomic E-state index is 13.7. The summed E-state index contributed by atoms with van der Waals surface area (Å²) in [4.78, 5) is 0. The summed E-state index contributed by atoms with van der Waals surface area (Å²) >= 11 is 0. The monoisotopic (exact) mass is 304 g/mol. The molecule has 0 bridgehead atoms. The predicted molar refractivity (Wildman–Crippen MR) is 65.6 cm³/mol. The van der Waals surface area contributed by atoms with E-state index in [0.29, 0.717) is 6.07 Å². The van der Waals surface area contributed by atoms with Gasteiger partial charge in [0, 0.05) is 18.2 Å². The average Bonchev–Trinajstić information content (AvgIpc) is 2.42. The van der Waals surface area contributed by atoms with E-state index in [0.717, 1.165) is 13.2 Å². The first-order valence-corrected chi connectivity index (χ1v) is 5.69. The van der Waals surface area contributed by atoms with Crippen molar-refractivity contribution in [3.05, 3.63) is 53.1 Å². The molecule has 2 aromatic rings. The van der Waals surface area contributed by atoms with Gasteiger partial charge in [0.25, 0.3) is 0 Å². The lowest BCUT2D eigenvalue weighted by molar-refractivity contribution is 0.411. The second kappa shape index (κ2) is 5.71. The molecule has 0 spiro atoms. The highest BCUT2D eigenvalue weighted by molar-refractivity contribution is 6.68. The third kappa shape index (κ3) is 2.84. The van der Waals surface area contributed by atoms with Gasteiger partial charge in [-0.3, -0.25) is 0 Å². The van der Waals surface area contributed by atoms with Gasteiger partial charge in [-0.05, 0) is 10.9 Å². The summed E-state index contributed by atoms with van der Waals surface area (Å²) in [5.74, 6) is -9.06. The molecule has 110 valence electrons. The number of ether oxygens (including phenoxy) is 1. The van der Waals surface area contributed by atoms with Crippen LogP contribution in [0.4, 0.5) is 26.3 Å². The summed E-state index contributed by atoms with van der Waals surface area (Å²) in [6.45, 7) is 0. The fraction of sp³-hybridized carbons (Fsp3) is 0.0769. The Labute approximate surface area is 116 Å². The molecule has 0 fully saturated rings. The van der Waals surface area contributed by atoms with Crippen molar-refractivity contribution in [1.82, 2.24) is 0 Å². The number of benzene rings is 2. The van der Waals surface area contributed by atoms with Crippen molar-refractivity contribution in [3.63, 3.8) is 0 Å². The fourth-order valence-corrected chi connectivity index (χ4v) is 1.88. The second-order valence-electron chi connectivity index (χ2n) is 4.19. The van der Waals surface area contributed by atoms with Gasteiger partial charge in [0.05, 0.1) is 7.11 Å². The Morgan fingerprint density at radius 3 is 2.00 bits per heavy atom. The van der Waals surface area contributed by atoms with Crippen LogP contribution in [0.25, 0.3) is 0 Å². The summed E-state index contributed by atoms with van der Waals surface area (Å²) in [6, 6.07) is 1.46. The third-order valence-electron chi connectivity index (χ3n) is 2.90. The second-order valence-corrected chi connectivity index (χ2v) is 4.19. The van der Waals surface area contributed by atoms with Crippen molar-refractivity contribution in [3.8, 4) is 5.75 Å². The Bertz CT molecular complexity index is 704. The summed E-state index contributed by atoms with van der Waals surface area (Å²) in [5, 5.41) is 0. The molecule has 0 aliphatic rings. The van der Waals surface area contributed by atoms with Crippen molar-refractivity contribution in [2.24, 2.45) is 0 Å². The number of hydrogen-bond donors (Lipinski definition) is 0. The molecule has 0 amide bonds. The van der Waals surface area contributed by atoms with Crippen LogP contribution in [0.5, 0.6) is 5.75 Å². The summed E-state index contributed by atoms with van der Waals surface area (Å²) in [5.41, 5.74) is -1.25. The van der Waals surface area contributed by atoms with Gasteiger partial charge >= 0.3 is 0 Å². The van der Waals surface area contributed by atoms with Gasteiger partial charge in [-0.15, -0.1) is 0 Å². The normalized spacial score (nSPS) is 10.6. The minimum absolute atomic E-state index is 0.154. The fourth-order valence-electron chi connectivity index (χ4n) is 1.88. The van der Waals surface area contributed by atoms with E-state index < -0.39 is 47.6 Å². The van der Waals surface area contributed by atoms with Gasteiger partial charge < -0.3 is 4.74 Å². The predicted octanol–water partition coefficient (Wildman–Crippen LogP) is 1.92. The highest BCUT2D eigenvalue weighted by Crippen LogP contribution is 2.14. The van der Waals surface area contributed by atoms with Gasteiger partial charge in [-0.2, -0.15) is 0 Å². The van der Waals surface area contributed by atoms with Crippen molar-refractivity contribution in [2.75, 3.05) is 7.11 Å². The Morgan fingerprint density at radius 1 is 0.762 bits per heavy atom. The maximum absolute atomic E-state index is 13.7. The lowest BCUT2D eigenvalue weighted by Crippen LogP contribution is -2.36. The topological polar surface area (TPSA) is 9.23 Å². The molecule has 0 atom stereocenters. The molecule has 21 heavy (non-hydrogen) atoms. The van der Waals surface area contributed by atoms with E-state index in [4.69, 9.17) is 4.74 Å². The minimum atomic E-state index is -1.87. The van der Waals surface area contributed by atoms with Crippen molar-refractivity contribution in [2.45, 2.75) is 0 Å². The zero-order chi connectivity index (χ0) is 15.7. The van der Waals surface area contributed by atoms with E-state index in [1.54, 1.807) is 0 Å². The molecule has 2 aromatic carbocycles. The van der Waals surface area contributed by atoms with Gasteiger partial charge in [0.2, 0.25) is 7.28 Å². The van der Waals surface area contributed by atoms with Gasteiger partial charge in [0.15, 0.2) is 17.5 Å². The molecule has 0 unspecified atom stereocenters. The van der Waals surface area contributed by atoms with E-state index in [2.05, 4.69) is 0 Å². The Morgan fingerprint density at radius 2 is 1.38 bits per heavy atom. The molecule has 0 aliphatic carbocycles. The number of hydrogen-bond acceptors (Lipinski definition) is 1. The van der Waals surface area contributed by atoms with Gasteiger partial charge in [-0.1, -0.05) is 0 Å². The molecule has 1 nitrogen and oxygen atoms in total. The van der Waals surface area contributed by atoms with Crippen LogP contribution >= 0.6 is 0 Å². The molecule has 0 N–H and O–H groups in total. The lowest BCUT2D eigenvalue weighted by Gasteiger charge is -2.11. The molecule has 0 saturated carbocycles. The van der Waals surface area contributed by atoms with Crippen LogP contribution in [0, 0.1) is 34.9 Å². The highest BCUT2D eigenvalue weighted by Gasteiger charge is 2.23. The van der Waals surface area contributed by atoms with Crippen molar-refractivity contribution < 1.29 is 31.1 Å². The van der Waals surface area contributed by atoms with E-state index >= 15 is 0 Å². The van der Waals surface area contributed by atoms with Crippen LogP contribution in [-0.4, -0.2) is 14.4 Å². The van der Waals surface area contributed by atoms with Crippen molar-refractivity contribution in [1.29, 1.82) is 0 Å². The SMILES string of the molecule is COc1cc(F)cc(F)c1Bc1c(F)cc(F)c(F)c1F. The molecule has 8 heteroatoms. The number of rotatable bonds is 3. The Balaban J connectivity index is 2.56. The molecule has 2 rings (SSSR count). The van der Waals surface area contributed by atoms with E-state index in [1.807, 2.05) is 0 Å². The molecular weight excluding hydrogens is 297 g/mol.